The average molecular weight is 154 g/mol. The SMILES string of the molecule is Cc1nncn1CCN(C)C. The van der Waals surface area contributed by atoms with Crippen molar-refractivity contribution in [3.05, 3.63) is 12.2 Å². The predicted octanol–water partition coefficient (Wildman–Crippen LogP) is 0.148. The van der Waals surface area contributed by atoms with E-state index in [1.165, 1.54) is 0 Å². The minimum absolute atomic E-state index is 0.964. The topological polar surface area (TPSA) is 34.0 Å². The predicted molar refractivity (Wildman–Crippen MR) is 43.3 cm³/mol. The van der Waals surface area contributed by atoms with E-state index >= 15 is 0 Å². The highest BCUT2D eigenvalue weighted by Crippen LogP contribution is 1.91. The van der Waals surface area contributed by atoms with Crippen molar-refractivity contribution in [3.8, 4) is 0 Å². The highest BCUT2D eigenvalue weighted by atomic mass is 15.3. The number of rotatable bonds is 3. The summed E-state index contributed by atoms with van der Waals surface area (Å²) in [6.07, 6.45) is 1.76. The fraction of sp³-hybridized carbons (Fsp3) is 0.714. The van der Waals surface area contributed by atoms with Crippen LogP contribution in [0.2, 0.25) is 0 Å². The molecule has 0 spiro atoms. The molecule has 1 rings (SSSR count). The molecule has 0 unspecified atom stereocenters. The molecule has 0 radical (unpaired) electrons. The fourth-order valence-corrected chi connectivity index (χ4v) is 0.840. The van der Waals surface area contributed by atoms with Gasteiger partial charge in [-0.1, -0.05) is 0 Å². The minimum Gasteiger partial charge on any atom is -0.317 e. The Kier molecular flexibility index (Phi) is 2.59. The summed E-state index contributed by atoms with van der Waals surface area (Å²) < 4.78 is 2.04. The van der Waals surface area contributed by atoms with Crippen molar-refractivity contribution in [2.24, 2.45) is 0 Å². The van der Waals surface area contributed by atoms with E-state index in [4.69, 9.17) is 0 Å². The molecule has 0 fully saturated rings. The van der Waals surface area contributed by atoms with E-state index < -0.39 is 0 Å². The Hall–Kier alpha value is -0.900. The number of hydrogen-bond acceptors (Lipinski definition) is 3. The number of likely N-dealkylation sites (N-methyl/N-ethyl adjacent to an activating group) is 1. The van der Waals surface area contributed by atoms with Crippen LogP contribution in [0.3, 0.4) is 0 Å². The van der Waals surface area contributed by atoms with Crippen LogP contribution in [0.15, 0.2) is 6.33 Å². The van der Waals surface area contributed by atoms with Crippen LogP contribution in [0.5, 0.6) is 0 Å². The maximum absolute atomic E-state index is 3.89. The van der Waals surface area contributed by atoms with Crippen LogP contribution in [0, 0.1) is 6.92 Å². The second-order valence-electron chi connectivity index (χ2n) is 2.87. The van der Waals surface area contributed by atoms with E-state index in [-0.39, 0.29) is 0 Å². The molecule has 0 saturated heterocycles. The Balaban J connectivity index is 2.44. The summed E-state index contributed by atoms with van der Waals surface area (Å²) in [7, 11) is 4.11. The van der Waals surface area contributed by atoms with E-state index in [1.54, 1.807) is 6.33 Å². The minimum atomic E-state index is 0.964. The smallest absolute Gasteiger partial charge is 0.129 e. The van der Waals surface area contributed by atoms with E-state index in [9.17, 15) is 0 Å². The van der Waals surface area contributed by atoms with Gasteiger partial charge in [0, 0.05) is 13.1 Å². The van der Waals surface area contributed by atoms with Crippen molar-refractivity contribution in [3.63, 3.8) is 0 Å². The maximum atomic E-state index is 3.89. The summed E-state index contributed by atoms with van der Waals surface area (Å²) in [6, 6.07) is 0. The molecular formula is C7H14N4. The first kappa shape index (κ1) is 8.20. The average Bonchev–Trinajstić information content (AvgIpc) is 2.31. The largest absolute Gasteiger partial charge is 0.317 e. The normalized spacial score (nSPS) is 10.9. The van der Waals surface area contributed by atoms with Gasteiger partial charge >= 0.3 is 0 Å². The van der Waals surface area contributed by atoms with Crippen LogP contribution in [0.4, 0.5) is 0 Å². The molecule has 0 aliphatic rings. The van der Waals surface area contributed by atoms with Crippen LogP contribution in [-0.4, -0.2) is 40.3 Å². The zero-order valence-electron chi connectivity index (χ0n) is 7.28. The van der Waals surface area contributed by atoms with Crippen molar-refractivity contribution in [1.82, 2.24) is 19.7 Å². The monoisotopic (exact) mass is 154 g/mol. The summed E-state index contributed by atoms with van der Waals surface area (Å²) in [6.45, 7) is 3.95. The van der Waals surface area contributed by atoms with Crippen LogP contribution in [-0.2, 0) is 6.54 Å². The highest BCUT2D eigenvalue weighted by Gasteiger charge is 1.97. The van der Waals surface area contributed by atoms with Gasteiger partial charge in [-0.3, -0.25) is 0 Å². The molecule has 0 N–H and O–H groups in total. The molecule has 0 amide bonds. The lowest BCUT2D eigenvalue weighted by molar-refractivity contribution is 0.381. The van der Waals surface area contributed by atoms with Crippen LogP contribution < -0.4 is 0 Å². The van der Waals surface area contributed by atoms with E-state index in [2.05, 4.69) is 29.2 Å². The van der Waals surface area contributed by atoms with Crippen molar-refractivity contribution < 1.29 is 0 Å². The summed E-state index contributed by atoms with van der Waals surface area (Å²) >= 11 is 0. The molecule has 1 aromatic rings. The molecule has 4 heteroatoms. The Bertz CT molecular complexity index is 216. The van der Waals surface area contributed by atoms with Gasteiger partial charge in [0.1, 0.15) is 12.2 Å². The third kappa shape index (κ3) is 2.31. The summed E-state index contributed by atoms with van der Waals surface area (Å²) in [5, 5.41) is 7.68. The molecule has 0 atom stereocenters. The zero-order chi connectivity index (χ0) is 8.27. The molecule has 1 heterocycles. The standard InChI is InChI=1S/C7H14N4/c1-7-9-8-6-11(7)5-4-10(2)3/h6H,4-5H2,1-3H3. The lowest BCUT2D eigenvalue weighted by Gasteiger charge is -2.09. The second-order valence-corrected chi connectivity index (χ2v) is 2.87. The highest BCUT2D eigenvalue weighted by molar-refractivity contribution is 4.79. The molecule has 1 aromatic heterocycles. The van der Waals surface area contributed by atoms with Crippen molar-refractivity contribution >= 4 is 0 Å². The summed E-state index contributed by atoms with van der Waals surface area (Å²) in [5.74, 6) is 0.979. The molecule has 0 aromatic carbocycles. The van der Waals surface area contributed by atoms with Gasteiger partial charge in [-0.25, -0.2) is 0 Å². The second kappa shape index (κ2) is 3.48. The zero-order valence-corrected chi connectivity index (χ0v) is 7.28. The van der Waals surface area contributed by atoms with Gasteiger partial charge in [0.15, 0.2) is 0 Å². The van der Waals surface area contributed by atoms with Crippen LogP contribution >= 0.6 is 0 Å². The van der Waals surface area contributed by atoms with E-state index in [0.717, 1.165) is 18.9 Å². The molecule has 11 heavy (non-hydrogen) atoms. The van der Waals surface area contributed by atoms with Crippen molar-refractivity contribution in [1.29, 1.82) is 0 Å². The number of aromatic nitrogens is 3. The first-order valence-electron chi connectivity index (χ1n) is 3.69. The molecule has 62 valence electrons. The Morgan fingerprint density at radius 2 is 2.27 bits per heavy atom. The summed E-state index contributed by atoms with van der Waals surface area (Å²) in [5.41, 5.74) is 0. The third-order valence-electron chi connectivity index (χ3n) is 1.60. The third-order valence-corrected chi connectivity index (χ3v) is 1.60. The van der Waals surface area contributed by atoms with Crippen molar-refractivity contribution in [2.45, 2.75) is 13.5 Å². The first-order valence-corrected chi connectivity index (χ1v) is 3.69. The molecule has 4 nitrogen and oxygen atoms in total. The van der Waals surface area contributed by atoms with Gasteiger partial charge in [-0.15, -0.1) is 10.2 Å². The summed E-state index contributed by atoms with van der Waals surface area (Å²) in [4.78, 5) is 2.14. The lowest BCUT2D eigenvalue weighted by Crippen LogP contribution is -2.18. The van der Waals surface area contributed by atoms with Gasteiger partial charge in [-0.05, 0) is 21.0 Å². The Morgan fingerprint density at radius 1 is 1.55 bits per heavy atom. The molecule has 0 aliphatic carbocycles. The number of aryl methyl sites for hydroxylation is 1. The lowest BCUT2D eigenvalue weighted by atomic mass is 10.5. The van der Waals surface area contributed by atoms with Gasteiger partial charge < -0.3 is 9.47 Å². The van der Waals surface area contributed by atoms with Crippen LogP contribution in [0.25, 0.3) is 0 Å². The van der Waals surface area contributed by atoms with Crippen molar-refractivity contribution in [2.75, 3.05) is 20.6 Å². The molecule has 0 bridgehead atoms. The molecule has 0 saturated carbocycles. The van der Waals surface area contributed by atoms with Gasteiger partial charge in [0.25, 0.3) is 0 Å². The molecular weight excluding hydrogens is 140 g/mol. The van der Waals surface area contributed by atoms with Gasteiger partial charge in [0.2, 0.25) is 0 Å². The quantitative estimate of drug-likeness (QED) is 0.621. The van der Waals surface area contributed by atoms with Gasteiger partial charge in [0.05, 0.1) is 0 Å². The number of nitrogens with zero attached hydrogens (tertiary/aromatic N) is 4. The maximum Gasteiger partial charge on any atom is 0.129 e. The van der Waals surface area contributed by atoms with Crippen LogP contribution in [0.1, 0.15) is 5.82 Å². The van der Waals surface area contributed by atoms with E-state index in [0.29, 0.717) is 0 Å². The molecule has 0 aliphatic heterocycles. The van der Waals surface area contributed by atoms with E-state index in [1.807, 2.05) is 11.5 Å². The number of hydrogen-bond donors (Lipinski definition) is 0. The Morgan fingerprint density at radius 3 is 2.73 bits per heavy atom. The Labute approximate surface area is 66.8 Å². The first-order chi connectivity index (χ1) is 5.20. The van der Waals surface area contributed by atoms with Gasteiger partial charge in [-0.2, -0.15) is 0 Å². The fourth-order valence-electron chi connectivity index (χ4n) is 0.840.